The molecule has 1 aromatic heterocycles. The van der Waals surface area contributed by atoms with Gasteiger partial charge in [-0.3, -0.25) is 9.69 Å². The minimum Gasteiger partial charge on any atom is -0.489 e. The zero-order valence-electron chi connectivity index (χ0n) is 17.5. The summed E-state index contributed by atoms with van der Waals surface area (Å²) in [5.41, 5.74) is -0.123. The van der Waals surface area contributed by atoms with Crippen LogP contribution < -0.4 is 10.3 Å². The fraction of sp³-hybridized carbons (Fsp3) is 0.609. The van der Waals surface area contributed by atoms with Gasteiger partial charge in [-0.05, 0) is 61.1 Å². The SMILES string of the molecule is CC(C)CN(CC(C)C)[C@H]1CC[C@@H](Oc2cc3cc[nH]c(=O)c3cc2Cl)CC1. The second kappa shape index (κ2) is 9.32. The Bertz CT molecular complexity index is 828. The van der Waals surface area contributed by atoms with Gasteiger partial charge in [-0.1, -0.05) is 39.3 Å². The van der Waals surface area contributed by atoms with Crippen molar-refractivity contribution in [1.29, 1.82) is 0 Å². The lowest BCUT2D eigenvalue weighted by molar-refractivity contribution is 0.0745. The van der Waals surface area contributed by atoms with Crippen molar-refractivity contribution < 1.29 is 4.74 Å². The molecule has 0 amide bonds. The van der Waals surface area contributed by atoms with Gasteiger partial charge in [-0.25, -0.2) is 0 Å². The van der Waals surface area contributed by atoms with E-state index in [0.717, 1.165) is 31.1 Å². The van der Waals surface area contributed by atoms with Gasteiger partial charge in [-0.2, -0.15) is 0 Å². The lowest BCUT2D eigenvalue weighted by Crippen LogP contribution is -2.43. The number of fused-ring (bicyclic) bond motifs is 1. The number of hydrogen-bond donors (Lipinski definition) is 1. The Hall–Kier alpha value is -1.52. The van der Waals surface area contributed by atoms with Gasteiger partial charge in [-0.15, -0.1) is 0 Å². The van der Waals surface area contributed by atoms with Gasteiger partial charge in [0.25, 0.3) is 5.56 Å². The maximum atomic E-state index is 11.9. The molecule has 1 aromatic carbocycles. The third-order valence-corrected chi connectivity index (χ3v) is 5.77. The monoisotopic (exact) mass is 404 g/mol. The molecule has 1 aliphatic rings. The van der Waals surface area contributed by atoms with Gasteiger partial charge >= 0.3 is 0 Å². The molecule has 154 valence electrons. The quantitative estimate of drug-likeness (QED) is 0.664. The summed E-state index contributed by atoms with van der Waals surface area (Å²) in [6, 6.07) is 6.13. The first-order valence-electron chi connectivity index (χ1n) is 10.5. The summed E-state index contributed by atoms with van der Waals surface area (Å²) in [5.74, 6) is 2.06. The fourth-order valence-corrected chi connectivity index (χ4v) is 4.51. The Morgan fingerprint density at radius 2 is 1.75 bits per heavy atom. The molecule has 0 spiro atoms. The van der Waals surface area contributed by atoms with E-state index in [-0.39, 0.29) is 11.7 Å². The van der Waals surface area contributed by atoms with E-state index in [2.05, 4.69) is 37.6 Å². The molecule has 0 bridgehead atoms. The Morgan fingerprint density at radius 1 is 1.11 bits per heavy atom. The molecule has 1 fully saturated rings. The Labute approximate surface area is 173 Å². The third kappa shape index (κ3) is 5.30. The summed E-state index contributed by atoms with van der Waals surface area (Å²) in [6.07, 6.45) is 6.26. The number of H-pyrrole nitrogens is 1. The molecule has 5 heteroatoms. The normalized spacial score (nSPS) is 20.4. The van der Waals surface area contributed by atoms with Crippen molar-refractivity contribution >= 4 is 22.4 Å². The zero-order chi connectivity index (χ0) is 20.3. The lowest BCUT2D eigenvalue weighted by Gasteiger charge is -2.38. The first-order valence-corrected chi connectivity index (χ1v) is 10.9. The highest BCUT2D eigenvalue weighted by Gasteiger charge is 2.28. The van der Waals surface area contributed by atoms with Gasteiger partial charge in [0.05, 0.1) is 11.1 Å². The molecule has 1 heterocycles. The van der Waals surface area contributed by atoms with Gasteiger partial charge < -0.3 is 9.72 Å². The largest absolute Gasteiger partial charge is 0.489 e. The Balaban J connectivity index is 1.64. The van der Waals surface area contributed by atoms with Crippen molar-refractivity contribution in [2.75, 3.05) is 13.1 Å². The predicted molar refractivity (Wildman–Crippen MR) is 117 cm³/mol. The lowest BCUT2D eigenvalue weighted by atomic mass is 9.90. The average Bonchev–Trinajstić information content (AvgIpc) is 2.62. The molecule has 28 heavy (non-hydrogen) atoms. The highest BCUT2D eigenvalue weighted by Crippen LogP contribution is 2.33. The van der Waals surface area contributed by atoms with E-state index in [4.69, 9.17) is 16.3 Å². The van der Waals surface area contributed by atoms with Crippen LogP contribution in [0.25, 0.3) is 10.8 Å². The van der Waals surface area contributed by atoms with Crippen molar-refractivity contribution in [3.8, 4) is 5.75 Å². The molecule has 0 saturated heterocycles. The van der Waals surface area contributed by atoms with Crippen LogP contribution in [0.4, 0.5) is 0 Å². The van der Waals surface area contributed by atoms with Crippen molar-refractivity contribution in [3.63, 3.8) is 0 Å². The minimum atomic E-state index is -0.123. The maximum absolute atomic E-state index is 11.9. The second-order valence-corrected chi connectivity index (χ2v) is 9.37. The topological polar surface area (TPSA) is 45.3 Å². The number of rotatable bonds is 7. The molecule has 1 aliphatic carbocycles. The van der Waals surface area contributed by atoms with E-state index >= 15 is 0 Å². The Morgan fingerprint density at radius 3 is 2.36 bits per heavy atom. The van der Waals surface area contributed by atoms with Crippen LogP contribution in [0.15, 0.2) is 29.2 Å². The average molecular weight is 405 g/mol. The van der Waals surface area contributed by atoms with E-state index in [9.17, 15) is 4.79 Å². The van der Waals surface area contributed by atoms with Crippen LogP contribution in [0.1, 0.15) is 53.4 Å². The molecule has 4 nitrogen and oxygen atoms in total. The van der Waals surface area contributed by atoms with Gasteiger partial charge in [0.1, 0.15) is 5.75 Å². The van der Waals surface area contributed by atoms with Gasteiger partial charge in [0.2, 0.25) is 0 Å². The van der Waals surface area contributed by atoms with Crippen molar-refractivity contribution in [3.05, 3.63) is 39.8 Å². The summed E-state index contributed by atoms with van der Waals surface area (Å²) >= 11 is 6.40. The summed E-state index contributed by atoms with van der Waals surface area (Å²) in [7, 11) is 0. The standard InChI is InChI=1S/C23H33ClN2O2/c1-15(2)13-26(14-16(3)4)18-5-7-19(8-6-18)28-22-11-17-9-10-25-23(27)20(17)12-21(22)24/h9-12,15-16,18-19H,5-8,13-14H2,1-4H3,(H,25,27)/t18-,19+. The number of benzene rings is 1. The molecule has 1 N–H and O–H groups in total. The highest BCUT2D eigenvalue weighted by atomic mass is 35.5. The highest BCUT2D eigenvalue weighted by molar-refractivity contribution is 6.32. The molecular formula is C23H33ClN2O2. The molecule has 0 unspecified atom stereocenters. The van der Waals surface area contributed by atoms with Crippen molar-refractivity contribution in [2.24, 2.45) is 11.8 Å². The van der Waals surface area contributed by atoms with E-state index in [1.165, 1.54) is 13.1 Å². The van der Waals surface area contributed by atoms with Crippen LogP contribution in [0.3, 0.4) is 0 Å². The smallest absolute Gasteiger partial charge is 0.255 e. The number of aromatic amines is 1. The number of nitrogens with one attached hydrogen (secondary N) is 1. The van der Waals surface area contributed by atoms with Crippen molar-refractivity contribution in [2.45, 2.75) is 65.5 Å². The third-order valence-electron chi connectivity index (χ3n) is 5.48. The first-order chi connectivity index (χ1) is 13.3. The molecule has 1 saturated carbocycles. The van der Waals surface area contributed by atoms with Crippen LogP contribution in [-0.2, 0) is 0 Å². The van der Waals surface area contributed by atoms with Crippen LogP contribution in [-0.4, -0.2) is 35.1 Å². The zero-order valence-corrected chi connectivity index (χ0v) is 18.3. The Kier molecular flexibility index (Phi) is 7.05. The maximum Gasteiger partial charge on any atom is 0.255 e. The summed E-state index contributed by atoms with van der Waals surface area (Å²) in [5, 5.41) is 1.96. The molecular weight excluding hydrogens is 372 g/mol. The van der Waals surface area contributed by atoms with Crippen molar-refractivity contribution in [1.82, 2.24) is 9.88 Å². The number of aromatic nitrogens is 1. The van der Waals surface area contributed by atoms with Gasteiger partial charge in [0, 0.05) is 30.7 Å². The minimum absolute atomic E-state index is 0.123. The first kappa shape index (κ1) is 21.2. The molecule has 0 aliphatic heterocycles. The predicted octanol–water partition coefficient (Wildman–Crippen LogP) is 5.49. The molecule has 3 rings (SSSR count). The van der Waals surface area contributed by atoms with Crippen LogP contribution in [0.2, 0.25) is 5.02 Å². The van der Waals surface area contributed by atoms with E-state index in [1.807, 2.05) is 12.1 Å². The molecule has 0 atom stereocenters. The number of nitrogens with zero attached hydrogens (tertiary/aromatic N) is 1. The van der Waals surface area contributed by atoms with Crippen LogP contribution >= 0.6 is 11.6 Å². The van der Waals surface area contributed by atoms with E-state index < -0.39 is 0 Å². The summed E-state index contributed by atoms with van der Waals surface area (Å²) in [4.78, 5) is 17.3. The summed E-state index contributed by atoms with van der Waals surface area (Å²) < 4.78 is 6.26. The second-order valence-electron chi connectivity index (χ2n) is 8.97. The summed E-state index contributed by atoms with van der Waals surface area (Å²) in [6.45, 7) is 11.5. The number of pyridine rings is 1. The van der Waals surface area contributed by atoms with Gasteiger partial charge in [0.15, 0.2) is 0 Å². The number of ether oxygens (including phenoxy) is 1. The van der Waals surface area contributed by atoms with E-state index in [1.54, 1.807) is 12.3 Å². The fourth-order valence-electron chi connectivity index (χ4n) is 4.30. The molecule has 2 aromatic rings. The molecule has 0 radical (unpaired) electrons. The van der Waals surface area contributed by atoms with E-state index in [0.29, 0.717) is 34.0 Å². The number of halogens is 1. The van der Waals surface area contributed by atoms with Crippen LogP contribution in [0.5, 0.6) is 5.75 Å². The van der Waals surface area contributed by atoms with Crippen LogP contribution in [0, 0.1) is 11.8 Å². The number of hydrogen-bond acceptors (Lipinski definition) is 3.